The van der Waals surface area contributed by atoms with Crippen molar-refractivity contribution in [1.29, 1.82) is 0 Å². The van der Waals surface area contributed by atoms with Crippen LogP contribution in [0.5, 0.6) is 0 Å². The predicted molar refractivity (Wildman–Crippen MR) is 108 cm³/mol. The number of hydrogen-bond acceptors (Lipinski definition) is 5. The second-order valence-corrected chi connectivity index (χ2v) is 10.6. The van der Waals surface area contributed by atoms with Gasteiger partial charge in [-0.1, -0.05) is 6.07 Å². The van der Waals surface area contributed by atoms with Crippen molar-refractivity contribution in [2.45, 2.75) is 51.3 Å². The van der Waals surface area contributed by atoms with Crippen molar-refractivity contribution in [3.63, 3.8) is 0 Å². The molecule has 0 unspecified atom stereocenters. The highest BCUT2D eigenvalue weighted by Crippen LogP contribution is 2.26. The molecule has 0 amide bonds. The summed E-state index contributed by atoms with van der Waals surface area (Å²) < 4.78 is 27.4. The van der Waals surface area contributed by atoms with Crippen molar-refractivity contribution in [3.8, 4) is 0 Å². The fourth-order valence-electron chi connectivity index (χ4n) is 3.60. The highest BCUT2D eigenvalue weighted by molar-refractivity contribution is 7.89. The van der Waals surface area contributed by atoms with Gasteiger partial charge in [-0.3, -0.25) is 4.79 Å². The van der Waals surface area contributed by atoms with Crippen molar-refractivity contribution in [2.75, 3.05) is 13.1 Å². The summed E-state index contributed by atoms with van der Waals surface area (Å²) in [5.74, 6) is 0.183. The van der Waals surface area contributed by atoms with Crippen LogP contribution in [-0.4, -0.2) is 36.6 Å². The summed E-state index contributed by atoms with van der Waals surface area (Å²) in [7, 11) is -3.49. The molecule has 0 spiro atoms. The normalized spacial score (nSPS) is 16.6. The maximum Gasteiger partial charge on any atom is 0.243 e. The van der Waals surface area contributed by atoms with Gasteiger partial charge in [0.25, 0.3) is 0 Å². The van der Waals surface area contributed by atoms with Crippen LogP contribution < -0.4 is 0 Å². The van der Waals surface area contributed by atoms with Gasteiger partial charge in [-0.15, -0.1) is 11.3 Å². The Morgan fingerprint density at radius 2 is 1.78 bits per heavy atom. The molecule has 0 N–H and O–H groups in total. The van der Waals surface area contributed by atoms with Crippen LogP contribution in [0, 0.1) is 26.7 Å². The third-order valence-corrected chi connectivity index (χ3v) is 7.85. The first-order valence-corrected chi connectivity index (χ1v) is 11.5. The highest BCUT2D eigenvalue weighted by Gasteiger charge is 2.32. The second-order valence-electron chi connectivity index (χ2n) is 7.33. The quantitative estimate of drug-likeness (QED) is 0.734. The molecule has 1 aliphatic rings. The van der Waals surface area contributed by atoms with E-state index in [-0.39, 0.29) is 11.7 Å². The Morgan fingerprint density at radius 3 is 2.33 bits per heavy atom. The number of benzene rings is 1. The molecule has 1 fully saturated rings. The molecular formula is C20H26N2O3S2. The van der Waals surface area contributed by atoms with Crippen molar-refractivity contribution in [3.05, 3.63) is 45.4 Å². The Kier molecular flexibility index (Phi) is 6.13. The molecule has 0 aliphatic carbocycles. The fourth-order valence-corrected chi connectivity index (χ4v) is 6.05. The lowest BCUT2D eigenvalue weighted by molar-refractivity contribution is -0.123. The fraction of sp³-hybridized carbons (Fsp3) is 0.500. The van der Waals surface area contributed by atoms with Crippen LogP contribution in [0.1, 0.15) is 40.3 Å². The number of sulfonamides is 1. The smallest absolute Gasteiger partial charge is 0.243 e. The van der Waals surface area contributed by atoms with E-state index in [4.69, 9.17) is 0 Å². The van der Waals surface area contributed by atoms with Crippen molar-refractivity contribution < 1.29 is 13.2 Å². The van der Waals surface area contributed by atoms with Crippen LogP contribution in [-0.2, 0) is 21.2 Å². The van der Waals surface area contributed by atoms with Crippen LogP contribution in [0.15, 0.2) is 29.3 Å². The lowest BCUT2D eigenvalue weighted by atomic mass is 9.91. The van der Waals surface area contributed by atoms with Crippen LogP contribution in [0.2, 0.25) is 0 Å². The van der Waals surface area contributed by atoms with E-state index in [0.717, 1.165) is 21.0 Å². The average Bonchev–Trinajstić information content (AvgIpc) is 3.04. The zero-order valence-corrected chi connectivity index (χ0v) is 17.7. The first kappa shape index (κ1) is 20.2. The van der Waals surface area contributed by atoms with Crippen molar-refractivity contribution in [2.24, 2.45) is 5.92 Å². The summed E-state index contributed by atoms with van der Waals surface area (Å²) in [5.41, 5.74) is 1.88. The van der Waals surface area contributed by atoms with Gasteiger partial charge < -0.3 is 0 Å². The summed E-state index contributed by atoms with van der Waals surface area (Å²) in [6.45, 7) is 6.63. The molecule has 1 aliphatic heterocycles. The third-order valence-electron chi connectivity index (χ3n) is 5.00. The van der Waals surface area contributed by atoms with Gasteiger partial charge in [0.1, 0.15) is 5.78 Å². The molecular weight excluding hydrogens is 380 g/mol. The van der Waals surface area contributed by atoms with Gasteiger partial charge in [0.2, 0.25) is 10.0 Å². The minimum atomic E-state index is -3.49. The molecule has 5 nitrogen and oxygen atoms in total. The molecule has 1 aromatic carbocycles. The number of aromatic nitrogens is 1. The molecule has 1 saturated heterocycles. The lowest BCUT2D eigenvalue weighted by Gasteiger charge is -2.30. The molecule has 0 saturated carbocycles. The van der Waals surface area contributed by atoms with Gasteiger partial charge >= 0.3 is 0 Å². The number of piperidine rings is 1. The molecule has 0 radical (unpaired) electrons. The number of ketones is 1. The van der Waals surface area contributed by atoms with Crippen LogP contribution in [0.25, 0.3) is 0 Å². The van der Waals surface area contributed by atoms with Gasteiger partial charge in [0.05, 0.1) is 9.90 Å². The maximum absolute atomic E-state index is 12.9. The Balaban J connectivity index is 1.58. The van der Waals surface area contributed by atoms with E-state index in [1.54, 1.807) is 23.5 Å². The molecule has 2 aromatic rings. The molecule has 146 valence electrons. The van der Waals surface area contributed by atoms with Gasteiger partial charge in [0.15, 0.2) is 0 Å². The van der Waals surface area contributed by atoms with Crippen LogP contribution in [0.4, 0.5) is 0 Å². The summed E-state index contributed by atoms with van der Waals surface area (Å²) >= 11 is 1.63. The third kappa shape index (κ3) is 4.83. The van der Waals surface area contributed by atoms with E-state index >= 15 is 0 Å². The summed E-state index contributed by atoms with van der Waals surface area (Å²) in [6, 6.07) is 5.40. The van der Waals surface area contributed by atoms with Gasteiger partial charge in [0, 0.05) is 42.9 Å². The lowest BCUT2D eigenvalue weighted by Crippen LogP contribution is -2.40. The molecule has 2 heterocycles. The predicted octanol–water partition coefficient (Wildman–Crippen LogP) is 3.67. The van der Waals surface area contributed by atoms with Crippen LogP contribution >= 0.6 is 11.3 Å². The summed E-state index contributed by atoms with van der Waals surface area (Å²) in [4.78, 5) is 18.3. The first-order valence-electron chi connectivity index (χ1n) is 9.28. The number of rotatable bonds is 6. The molecule has 27 heavy (non-hydrogen) atoms. The maximum atomic E-state index is 12.9. The number of nitrogens with zero attached hydrogens (tertiary/aromatic N) is 2. The largest absolute Gasteiger partial charge is 0.299 e. The monoisotopic (exact) mass is 406 g/mol. The van der Waals surface area contributed by atoms with Crippen molar-refractivity contribution >= 4 is 27.1 Å². The Bertz CT molecular complexity index is 906. The number of carbonyl (C=O) groups excluding carboxylic acids is 1. The van der Waals surface area contributed by atoms with Crippen LogP contribution in [0.3, 0.4) is 0 Å². The van der Waals surface area contributed by atoms with E-state index in [1.165, 1.54) is 4.31 Å². The van der Waals surface area contributed by atoms with E-state index in [0.29, 0.717) is 43.7 Å². The molecule has 7 heteroatoms. The average molecular weight is 407 g/mol. The highest BCUT2D eigenvalue weighted by atomic mass is 32.2. The minimum Gasteiger partial charge on any atom is -0.299 e. The number of thiazole rings is 1. The topological polar surface area (TPSA) is 67.3 Å². The van der Waals surface area contributed by atoms with Crippen molar-refractivity contribution in [1.82, 2.24) is 9.29 Å². The second kappa shape index (κ2) is 8.20. The Labute approximate surface area is 165 Å². The zero-order valence-electron chi connectivity index (χ0n) is 16.1. The molecule has 0 bridgehead atoms. The number of hydrogen-bond donors (Lipinski definition) is 0. The summed E-state index contributed by atoms with van der Waals surface area (Å²) in [5, 5.41) is 0.996. The number of Topliss-reactive ketones (excluding diaryl/α,β-unsaturated/α-hetero) is 1. The number of carbonyl (C=O) groups is 1. The Morgan fingerprint density at radius 1 is 1.15 bits per heavy atom. The summed E-state index contributed by atoms with van der Waals surface area (Å²) in [6.07, 6.45) is 4.19. The van der Waals surface area contributed by atoms with Gasteiger partial charge in [-0.05, 0) is 56.9 Å². The SMILES string of the molecule is Cc1cc(C)cc(S(=O)(=O)N2CCC(C(=O)CCc3ncc(C)s3)CC2)c1. The Hall–Kier alpha value is -1.57. The first-order chi connectivity index (χ1) is 12.8. The van der Waals surface area contributed by atoms with E-state index in [9.17, 15) is 13.2 Å². The number of aryl methyl sites for hydroxylation is 4. The minimum absolute atomic E-state index is 0.0447. The molecule has 3 rings (SSSR count). The zero-order chi connectivity index (χ0) is 19.6. The molecule has 0 atom stereocenters. The van der Waals surface area contributed by atoms with Gasteiger partial charge in [-0.2, -0.15) is 4.31 Å². The molecule has 1 aromatic heterocycles. The van der Waals surface area contributed by atoms with E-state index < -0.39 is 10.0 Å². The van der Waals surface area contributed by atoms with E-state index in [1.807, 2.05) is 33.0 Å². The van der Waals surface area contributed by atoms with E-state index in [2.05, 4.69) is 4.98 Å². The standard InChI is InChI=1S/C20H26N2O3S2/c1-14-10-15(2)12-18(11-14)27(24,25)22-8-6-17(7-9-22)19(23)4-5-20-21-13-16(3)26-20/h10-13,17H,4-9H2,1-3H3. The van der Waals surface area contributed by atoms with Gasteiger partial charge in [-0.25, -0.2) is 13.4 Å².